The van der Waals surface area contributed by atoms with Crippen LogP contribution in [0.4, 0.5) is 0 Å². The van der Waals surface area contributed by atoms with Crippen molar-refractivity contribution < 1.29 is 14.3 Å². The maximum absolute atomic E-state index is 12.7. The van der Waals surface area contributed by atoms with E-state index in [9.17, 15) is 9.59 Å². The number of esters is 1. The molecule has 0 aromatic heterocycles. The number of ether oxygens (including phenoxy) is 1. The topological polar surface area (TPSA) is 55.4 Å². The number of amides is 1. The van der Waals surface area contributed by atoms with Gasteiger partial charge in [0.1, 0.15) is 0 Å². The number of nitrogens with one attached hydrogen (secondary N) is 1. The highest BCUT2D eigenvalue weighted by Crippen LogP contribution is 2.56. The molecule has 4 aliphatic carbocycles. The van der Waals surface area contributed by atoms with Crippen molar-refractivity contribution in [2.45, 2.75) is 51.7 Å². The van der Waals surface area contributed by atoms with Gasteiger partial charge in [0, 0.05) is 6.54 Å². The molecule has 134 valence electrons. The van der Waals surface area contributed by atoms with Crippen LogP contribution in [0.15, 0.2) is 30.3 Å². The summed E-state index contributed by atoms with van der Waals surface area (Å²) in [5.74, 6) is 2.30. The number of hydrogen-bond donors (Lipinski definition) is 1. The summed E-state index contributed by atoms with van der Waals surface area (Å²) in [4.78, 5) is 25.0. The zero-order valence-corrected chi connectivity index (χ0v) is 14.8. The van der Waals surface area contributed by atoms with Crippen molar-refractivity contribution >= 4 is 11.9 Å². The molecule has 0 saturated heterocycles. The second-order valence-corrected chi connectivity index (χ2v) is 8.24. The van der Waals surface area contributed by atoms with Crippen molar-refractivity contribution in [1.82, 2.24) is 5.32 Å². The van der Waals surface area contributed by atoms with E-state index in [0.717, 1.165) is 17.4 Å². The summed E-state index contributed by atoms with van der Waals surface area (Å²) in [6.45, 7) is 2.13. The lowest BCUT2D eigenvalue weighted by Gasteiger charge is -2.53. The first-order valence-electron chi connectivity index (χ1n) is 9.62. The monoisotopic (exact) mass is 341 g/mol. The van der Waals surface area contributed by atoms with Gasteiger partial charge in [-0.15, -0.1) is 0 Å². The lowest BCUT2D eigenvalue weighted by atomic mass is 9.52. The third-order valence-corrected chi connectivity index (χ3v) is 6.47. The quantitative estimate of drug-likeness (QED) is 0.836. The average molecular weight is 341 g/mol. The van der Waals surface area contributed by atoms with Crippen LogP contribution in [-0.4, -0.2) is 18.0 Å². The highest BCUT2D eigenvalue weighted by atomic mass is 16.5. The molecule has 0 radical (unpaired) electrons. The van der Waals surface area contributed by atoms with Crippen molar-refractivity contribution in [1.29, 1.82) is 0 Å². The van der Waals surface area contributed by atoms with E-state index in [-0.39, 0.29) is 17.8 Å². The molecule has 5 rings (SSSR count). The van der Waals surface area contributed by atoms with Crippen LogP contribution in [0, 0.1) is 29.6 Å². The van der Waals surface area contributed by atoms with E-state index in [1.165, 1.54) is 32.1 Å². The Labute approximate surface area is 149 Å². The van der Waals surface area contributed by atoms with Crippen LogP contribution in [0.25, 0.3) is 0 Å². The Morgan fingerprint density at radius 3 is 2.24 bits per heavy atom. The van der Waals surface area contributed by atoms with Crippen molar-refractivity contribution in [3.05, 3.63) is 35.9 Å². The second kappa shape index (κ2) is 6.81. The number of carbonyl (C=O) groups excluding carboxylic acids is 2. The van der Waals surface area contributed by atoms with Crippen LogP contribution in [-0.2, 0) is 20.9 Å². The van der Waals surface area contributed by atoms with Gasteiger partial charge in [-0.25, -0.2) is 0 Å². The molecule has 1 N–H and O–H groups in total. The Kier molecular flexibility index (Phi) is 4.53. The average Bonchev–Trinajstić information content (AvgIpc) is 2.59. The van der Waals surface area contributed by atoms with E-state index >= 15 is 0 Å². The van der Waals surface area contributed by atoms with Crippen molar-refractivity contribution in [3.63, 3.8) is 0 Å². The first-order valence-corrected chi connectivity index (χ1v) is 9.62. The molecule has 25 heavy (non-hydrogen) atoms. The van der Waals surface area contributed by atoms with Crippen molar-refractivity contribution in [3.8, 4) is 0 Å². The lowest BCUT2D eigenvalue weighted by Crippen LogP contribution is -2.49. The van der Waals surface area contributed by atoms with Gasteiger partial charge in [-0.05, 0) is 68.3 Å². The van der Waals surface area contributed by atoms with E-state index in [1.54, 1.807) is 6.92 Å². The highest BCUT2D eigenvalue weighted by molar-refractivity contribution is 5.84. The lowest BCUT2D eigenvalue weighted by molar-refractivity contribution is -0.170. The molecule has 0 unspecified atom stereocenters. The van der Waals surface area contributed by atoms with Gasteiger partial charge in [0.05, 0.1) is 5.92 Å². The highest BCUT2D eigenvalue weighted by Gasteiger charge is 2.51. The molecular formula is C21H27NO3. The Morgan fingerprint density at radius 2 is 1.64 bits per heavy atom. The fourth-order valence-electron chi connectivity index (χ4n) is 5.55. The minimum absolute atomic E-state index is 0.0252. The summed E-state index contributed by atoms with van der Waals surface area (Å²) in [6, 6.07) is 9.76. The van der Waals surface area contributed by atoms with Crippen LogP contribution < -0.4 is 5.32 Å². The number of carbonyl (C=O) groups is 2. The molecule has 4 heteroatoms. The van der Waals surface area contributed by atoms with E-state index in [0.29, 0.717) is 18.4 Å². The predicted octanol–water partition coefficient (Wildman–Crippen LogP) is 3.31. The van der Waals surface area contributed by atoms with Gasteiger partial charge in [-0.3, -0.25) is 9.59 Å². The SMILES string of the molecule is C[C@H](OC(=O)C1C2CC3CC(C2)CC1C3)C(=O)NCc1ccccc1. The van der Waals surface area contributed by atoms with E-state index < -0.39 is 6.10 Å². The van der Waals surface area contributed by atoms with Crippen molar-refractivity contribution in [2.24, 2.45) is 29.6 Å². The van der Waals surface area contributed by atoms with Crippen LogP contribution in [0.3, 0.4) is 0 Å². The Bertz CT molecular complexity index is 614. The minimum Gasteiger partial charge on any atom is -0.452 e. The largest absolute Gasteiger partial charge is 0.452 e. The minimum atomic E-state index is -0.728. The zero-order valence-electron chi connectivity index (χ0n) is 14.8. The molecule has 4 nitrogen and oxygen atoms in total. The predicted molar refractivity (Wildman–Crippen MR) is 94.4 cm³/mol. The first kappa shape index (κ1) is 16.6. The normalized spacial score (nSPS) is 33.7. The van der Waals surface area contributed by atoms with Gasteiger partial charge >= 0.3 is 5.97 Å². The molecular weight excluding hydrogens is 314 g/mol. The first-order chi connectivity index (χ1) is 12.1. The van der Waals surface area contributed by atoms with Crippen LogP contribution in [0.2, 0.25) is 0 Å². The fraction of sp³-hybridized carbons (Fsp3) is 0.619. The van der Waals surface area contributed by atoms with Crippen LogP contribution in [0.5, 0.6) is 0 Å². The van der Waals surface area contributed by atoms with Gasteiger partial charge < -0.3 is 10.1 Å². The third-order valence-electron chi connectivity index (χ3n) is 6.47. The Morgan fingerprint density at radius 1 is 1.04 bits per heavy atom. The summed E-state index contributed by atoms with van der Waals surface area (Å²) in [6.07, 6.45) is 5.37. The van der Waals surface area contributed by atoms with Gasteiger partial charge in [-0.2, -0.15) is 0 Å². The van der Waals surface area contributed by atoms with Crippen LogP contribution >= 0.6 is 0 Å². The van der Waals surface area contributed by atoms with Gasteiger partial charge in [0.25, 0.3) is 5.91 Å². The summed E-state index contributed by atoms with van der Waals surface area (Å²) < 4.78 is 5.58. The molecule has 4 aliphatic rings. The van der Waals surface area contributed by atoms with Gasteiger partial charge in [0.15, 0.2) is 6.10 Å². The smallest absolute Gasteiger partial charge is 0.310 e. The maximum atomic E-state index is 12.7. The Balaban J connectivity index is 1.30. The van der Waals surface area contributed by atoms with E-state index in [4.69, 9.17) is 4.74 Å². The fourth-order valence-corrected chi connectivity index (χ4v) is 5.55. The summed E-state index contributed by atoms with van der Waals surface area (Å²) >= 11 is 0. The molecule has 0 spiro atoms. The molecule has 4 saturated carbocycles. The molecule has 1 amide bonds. The third kappa shape index (κ3) is 3.44. The summed E-state index contributed by atoms with van der Waals surface area (Å²) in [5, 5.41) is 2.86. The van der Waals surface area contributed by atoms with Crippen molar-refractivity contribution in [2.75, 3.05) is 0 Å². The second-order valence-electron chi connectivity index (χ2n) is 8.24. The van der Waals surface area contributed by atoms with E-state index in [2.05, 4.69) is 5.32 Å². The Hall–Kier alpha value is -1.84. The number of rotatable bonds is 5. The molecule has 1 atom stereocenters. The molecule has 0 heterocycles. The van der Waals surface area contributed by atoms with E-state index in [1.807, 2.05) is 30.3 Å². The van der Waals surface area contributed by atoms with Gasteiger partial charge in [0.2, 0.25) is 0 Å². The maximum Gasteiger partial charge on any atom is 0.310 e. The molecule has 0 aliphatic heterocycles. The molecule has 1 aromatic rings. The summed E-state index contributed by atoms with van der Waals surface area (Å²) in [5.41, 5.74) is 1.04. The molecule has 4 fully saturated rings. The standard InChI is InChI=1S/C21H27NO3/c1-13(20(23)22-12-14-5-3-2-4-6-14)25-21(24)19-17-8-15-7-16(10-17)11-18(19)9-15/h2-6,13,15-19H,7-12H2,1H3,(H,22,23)/t13-,15?,16?,17?,18?,19?/m0/s1. The molecule has 1 aromatic carbocycles. The number of benzene rings is 1. The van der Waals surface area contributed by atoms with Crippen LogP contribution in [0.1, 0.15) is 44.6 Å². The zero-order chi connectivity index (χ0) is 17.4. The summed E-state index contributed by atoms with van der Waals surface area (Å²) in [7, 11) is 0. The number of hydrogen-bond acceptors (Lipinski definition) is 3. The molecule has 4 bridgehead atoms. The van der Waals surface area contributed by atoms with Gasteiger partial charge in [-0.1, -0.05) is 30.3 Å².